The zero-order valence-electron chi connectivity index (χ0n) is 9.94. The van der Waals surface area contributed by atoms with E-state index in [1.54, 1.807) is 12.1 Å². The molecular formula is C14H18O2. The van der Waals surface area contributed by atoms with Crippen molar-refractivity contribution in [1.29, 1.82) is 0 Å². The van der Waals surface area contributed by atoms with E-state index in [0.717, 1.165) is 16.7 Å². The summed E-state index contributed by atoms with van der Waals surface area (Å²) in [7, 11) is 0. The third kappa shape index (κ3) is 3.46. The summed E-state index contributed by atoms with van der Waals surface area (Å²) in [6.45, 7) is 6.50. The summed E-state index contributed by atoms with van der Waals surface area (Å²) < 4.78 is 0. The molecule has 86 valence electrons. The maximum absolute atomic E-state index is 9.17. The van der Waals surface area contributed by atoms with Gasteiger partial charge in [-0.2, -0.15) is 0 Å². The third-order valence-electron chi connectivity index (χ3n) is 1.84. The summed E-state index contributed by atoms with van der Waals surface area (Å²) in [5.74, 6) is 0.683. The van der Waals surface area contributed by atoms with Gasteiger partial charge in [-0.05, 0) is 28.8 Å². The summed E-state index contributed by atoms with van der Waals surface area (Å²) in [6, 6.07) is 10.6. The Morgan fingerprint density at radius 3 is 1.44 bits per heavy atom. The van der Waals surface area contributed by atoms with Crippen molar-refractivity contribution >= 4 is 10.8 Å². The highest BCUT2D eigenvalue weighted by Crippen LogP contribution is 2.29. The van der Waals surface area contributed by atoms with E-state index < -0.39 is 0 Å². The Bertz CT molecular complexity index is 418. The first kappa shape index (κ1) is 12.4. The molecule has 2 heteroatoms. The molecule has 0 unspecified atom stereocenters. The molecule has 0 fully saturated rings. The van der Waals surface area contributed by atoms with Crippen LogP contribution in [0.25, 0.3) is 10.8 Å². The fourth-order valence-corrected chi connectivity index (χ4v) is 1.22. The predicted octanol–water partition coefficient (Wildman–Crippen LogP) is 3.91. The lowest BCUT2D eigenvalue weighted by Crippen LogP contribution is -1.72. The van der Waals surface area contributed by atoms with Crippen molar-refractivity contribution in [2.75, 3.05) is 0 Å². The fourth-order valence-electron chi connectivity index (χ4n) is 1.22. The SMILES string of the molecule is CC(C)C.Oc1cc2ccccc2cc1O. The Kier molecular flexibility index (Phi) is 4.18. The molecule has 0 saturated carbocycles. The molecule has 0 aromatic heterocycles. The average Bonchev–Trinajstić information content (AvgIpc) is 2.19. The molecule has 2 N–H and O–H groups in total. The molecule has 2 rings (SSSR count). The van der Waals surface area contributed by atoms with Crippen LogP contribution in [0, 0.1) is 5.92 Å². The number of phenols is 2. The first-order chi connectivity index (χ1) is 7.50. The van der Waals surface area contributed by atoms with Gasteiger partial charge in [0.2, 0.25) is 0 Å². The van der Waals surface area contributed by atoms with Crippen molar-refractivity contribution in [3.63, 3.8) is 0 Å². The highest BCUT2D eigenvalue weighted by atomic mass is 16.3. The highest BCUT2D eigenvalue weighted by molar-refractivity contribution is 5.85. The quantitative estimate of drug-likeness (QED) is 0.658. The topological polar surface area (TPSA) is 40.5 Å². The van der Waals surface area contributed by atoms with E-state index in [0.29, 0.717) is 0 Å². The Balaban J connectivity index is 0.000000280. The van der Waals surface area contributed by atoms with Gasteiger partial charge >= 0.3 is 0 Å². The normalized spacial score (nSPS) is 10.0. The van der Waals surface area contributed by atoms with Crippen LogP contribution in [0.3, 0.4) is 0 Å². The molecule has 0 saturated heterocycles. The number of benzene rings is 2. The second kappa shape index (κ2) is 5.40. The van der Waals surface area contributed by atoms with Crippen LogP contribution < -0.4 is 0 Å². The molecule has 0 atom stereocenters. The molecule has 0 heterocycles. The van der Waals surface area contributed by atoms with Gasteiger partial charge in [-0.25, -0.2) is 0 Å². The van der Waals surface area contributed by atoms with Crippen molar-refractivity contribution in [1.82, 2.24) is 0 Å². The lowest BCUT2D eigenvalue weighted by atomic mass is 10.1. The van der Waals surface area contributed by atoms with E-state index in [-0.39, 0.29) is 11.5 Å². The molecular weight excluding hydrogens is 200 g/mol. The molecule has 2 aromatic carbocycles. The Hall–Kier alpha value is -1.70. The maximum atomic E-state index is 9.17. The summed E-state index contributed by atoms with van der Waals surface area (Å²) in [5.41, 5.74) is 0. The van der Waals surface area contributed by atoms with Gasteiger partial charge in [0.25, 0.3) is 0 Å². The largest absolute Gasteiger partial charge is 0.504 e. The summed E-state index contributed by atoms with van der Waals surface area (Å²) in [4.78, 5) is 0. The Morgan fingerprint density at radius 1 is 0.812 bits per heavy atom. The summed E-state index contributed by atoms with van der Waals surface area (Å²) in [6.07, 6.45) is 0. The molecule has 0 aliphatic heterocycles. The monoisotopic (exact) mass is 218 g/mol. The van der Waals surface area contributed by atoms with Crippen molar-refractivity contribution < 1.29 is 10.2 Å². The van der Waals surface area contributed by atoms with Gasteiger partial charge in [0, 0.05) is 0 Å². The van der Waals surface area contributed by atoms with Crippen LogP contribution in [0.4, 0.5) is 0 Å². The molecule has 0 aliphatic rings. The molecule has 0 aliphatic carbocycles. The van der Waals surface area contributed by atoms with Gasteiger partial charge in [-0.1, -0.05) is 45.0 Å². The van der Waals surface area contributed by atoms with E-state index in [1.165, 1.54) is 0 Å². The van der Waals surface area contributed by atoms with E-state index in [9.17, 15) is 0 Å². The number of rotatable bonds is 0. The number of hydrogen-bond donors (Lipinski definition) is 2. The minimum atomic E-state index is -0.0753. The predicted molar refractivity (Wildman–Crippen MR) is 67.8 cm³/mol. The minimum Gasteiger partial charge on any atom is -0.504 e. The van der Waals surface area contributed by atoms with Crippen LogP contribution in [-0.4, -0.2) is 10.2 Å². The van der Waals surface area contributed by atoms with Crippen LogP contribution in [0.5, 0.6) is 11.5 Å². The average molecular weight is 218 g/mol. The van der Waals surface area contributed by atoms with Crippen LogP contribution in [-0.2, 0) is 0 Å². The van der Waals surface area contributed by atoms with Crippen LogP contribution in [0.2, 0.25) is 0 Å². The van der Waals surface area contributed by atoms with Gasteiger partial charge in [0.1, 0.15) is 0 Å². The molecule has 0 bridgehead atoms. The molecule has 0 spiro atoms. The molecule has 0 radical (unpaired) electrons. The van der Waals surface area contributed by atoms with Gasteiger partial charge in [-0.3, -0.25) is 0 Å². The van der Waals surface area contributed by atoms with Crippen molar-refractivity contribution in [2.45, 2.75) is 20.8 Å². The Labute approximate surface area is 96.2 Å². The fraction of sp³-hybridized carbons (Fsp3) is 0.286. The smallest absolute Gasteiger partial charge is 0.158 e. The molecule has 2 aromatic rings. The van der Waals surface area contributed by atoms with E-state index >= 15 is 0 Å². The zero-order valence-corrected chi connectivity index (χ0v) is 9.94. The number of phenolic OH excluding ortho intramolecular Hbond substituents is 2. The minimum absolute atomic E-state index is 0.0753. The highest BCUT2D eigenvalue weighted by Gasteiger charge is 1.99. The second-order valence-corrected chi connectivity index (χ2v) is 4.42. The maximum Gasteiger partial charge on any atom is 0.158 e. The standard InChI is InChI=1S/C10H8O2.C4H10/c11-9-5-7-3-1-2-4-8(7)6-10(9)12;1-4(2)3/h1-6,11-12H;4H,1-3H3. The van der Waals surface area contributed by atoms with E-state index in [2.05, 4.69) is 20.8 Å². The zero-order chi connectivity index (χ0) is 12.1. The molecule has 2 nitrogen and oxygen atoms in total. The van der Waals surface area contributed by atoms with Crippen LogP contribution in [0.1, 0.15) is 20.8 Å². The molecule has 16 heavy (non-hydrogen) atoms. The van der Waals surface area contributed by atoms with Crippen molar-refractivity contribution in [3.8, 4) is 11.5 Å². The summed E-state index contributed by atoms with van der Waals surface area (Å²) in [5, 5.41) is 20.2. The first-order valence-electron chi connectivity index (χ1n) is 5.41. The number of hydrogen-bond acceptors (Lipinski definition) is 2. The number of fused-ring (bicyclic) bond motifs is 1. The van der Waals surface area contributed by atoms with Gasteiger partial charge < -0.3 is 10.2 Å². The first-order valence-corrected chi connectivity index (χ1v) is 5.41. The van der Waals surface area contributed by atoms with E-state index in [4.69, 9.17) is 10.2 Å². The Morgan fingerprint density at radius 2 is 1.12 bits per heavy atom. The molecule has 0 amide bonds. The number of aromatic hydroxyl groups is 2. The van der Waals surface area contributed by atoms with Gasteiger partial charge in [0.05, 0.1) is 0 Å². The van der Waals surface area contributed by atoms with Crippen molar-refractivity contribution in [3.05, 3.63) is 36.4 Å². The van der Waals surface area contributed by atoms with Gasteiger partial charge in [-0.15, -0.1) is 0 Å². The van der Waals surface area contributed by atoms with Crippen LogP contribution in [0.15, 0.2) is 36.4 Å². The van der Waals surface area contributed by atoms with Crippen molar-refractivity contribution in [2.24, 2.45) is 5.92 Å². The van der Waals surface area contributed by atoms with E-state index in [1.807, 2.05) is 24.3 Å². The lowest BCUT2D eigenvalue weighted by molar-refractivity contribution is 0.405. The third-order valence-corrected chi connectivity index (χ3v) is 1.84. The summed E-state index contributed by atoms with van der Waals surface area (Å²) >= 11 is 0. The van der Waals surface area contributed by atoms with Gasteiger partial charge in [0.15, 0.2) is 11.5 Å². The second-order valence-electron chi connectivity index (χ2n) is 4.42. The lowest BCUT2D eigenvalue weighted by Gasteiger charge is -2.00. The van der Waals surface area contributed by atoms with Crippen LogP contribution >= 0.6 is 0 Å².